The summed E-state index contributed by atoms with van der Waals surface area (Å²) in [6.45, 7) is 3.01. The van der Waals surface area contributed by atoms with Crippen molar-refractivity contribution in [2.24, 2.45) is 0 Å². The van der Waals surface area contributed by atoms with Crippen LogP contribution in [-0.4, -0.2) is 24.4 Å². The first-order chi connectivity index (χ1) is 7.39. The Kier molecular flexibility index (Phi) is 3.48. The predicted octanol–water partition coefficient (Wildman–Crippen LogP) is 1.20. The Morgan fingerprint density at radius 3 is 2.19 bits per heavy atom. The zero-order chi connectivity index (χ0) is 12.3. The standard InChI is InChI=1S/C9H12N2O4S/c1-3-10(11(12)13)16(14,15)9-6-4-8(2)5-7-9/h4-7H,3H2,1-2H3. The highest BCUT2D eigenvalue weighted by Gasteiger charge is 2.30. The molecule has 0 aliphatic heterocycles. The fourth-order valence-corrected chi connectivity index (χ4v) is 2.44. The zero-order valence-corrected chi connectivity index (χ0v) is 9.77. The smallest absolute Gasteiger partial charge is 0.234 e. The Hall–Kier alpha value is -1.63. The maximum Gasteiger partial charge on any atom is 0.313 e. The van der Waals surface area contributed by atoms with E-state index >= 15 is 0 Å². The van der Waals surface area contributed by atoms with Crippen LogP contribution in [0.3, 0.4) is 0 Å². The van der Waals surface area contributed by atoms with Crippen LogP contribution in [0.25, 0.3) is 0 Å². The summed E-state index contributed by atoms with van der Waals surface area (Å²) in [5.74, 6) is 0. The Morgan fingerprint density at radius 1 is 1.31 bits per heavy atom. The van der Waals surface area contributed by atoms with Crippen LogP contribution in [0.4, 0.5) is 0 Å². The van der Waals surface area contributed by atoms with Crippen LogP contribution in [0.5, 0.6) is 0 Å². The minimum Gasteiger partial charge on any atom is -0.234 e. The number of hydrogen-bond donors (Lipinski definition) is 0. The van der Waals surface area contributed by atoms with Gasteiger partial charge >= 0.3 is 10.0 Å². The molecule has 0 amide bonds. The Labute approximate surface area is 93.7 Å². The topological polar surface area (TPSA) is 80.5 Å². The molecule has 1 rings (SSSR count). The fraction of sp³-hybridized carbons (Fsp3) is 0.333. The summed E-state index contributed by atoms with van der Waals surface area (Å²) in [4.78, 5) is 10.5. The van der Waals surface area contributed by atoms with Gasteiger partial charge in [-0.1, -0.05) is 17.7 Å². The molecule has 0 heterocycles. The normalized spacial score (nSPS) is 11.1. The molecule has 0 unspecified atom stereocenters. The summed E-state index contributed by atoms with van der Waals surface area (Å²) in [5, 5.41) is 9.65. The minimum atomic E-state index is -4.03. The molecule has 0 bridgehead atoms. The molecule has 0 saturated heterocycles. The van der Waals surface area contributed by atoms with Crippen molar-refractivity contribution in [2.75, 3.05) is 6.54 Å². The van der Waals surface area contributed by atoms with Crippen molar-refractivity contribution < 1.29 is 13.5 Å². The molecule has 0 aromatic heterocycles. The molecular formula is C9H12N2O4S. The molecular weight excluding hydrogens is 232 g/mol. The SMILES string of the molecule is CCN([N+](=O)[O-])S(=O)(=O)c1ccc(C)cc1. The van der Waals surface area contributed by atoms with E-state index in [1.165, 1.54) is 19.1 Å². The highest BCUT2D eigenvalue weighted by Crippen LogP contribution is 2.15. The van der Waals surface area contributed by atoms with Crippen LogP contribution in [0.1, 0.15) is 12.5 Å². The Balaban J connectivity index is 3.20. The lowest BCUT2D eigenvalue weighted by molar-refractivity contribution is -0.619. The van der Waals surface area contributed by atoms with Gasteiger partial charge in [0.15, 0.2) is 5.03 Å². The number of hydrogen-bond acceptors (Lipinski definition) is 4. The molecule has 6 nitrogen and oxygen atoms in total. The van der Waals surface area contributed by atoms with E-state index in [4.69, 9.17) is 0 Å². The average Bonchev–Trinajstić information content (AvgIpc) is 2.18. The summed E-state index contributed by atoms with van der Waals surface area (Å²) >= 11 is 0. The second-order valence-corrected chi connectivity index (χ2v) is 5.04. The van der Waals surface area contributed by atoms with Gasteiger partial charge in [-0.25, -0.2) is 10.1 Å². The van der Waals surface area contributed by atoms with E-state index in [2.05, 4.69) is 0 Å². The first-order valence-corrected chi connectivity index (χ1v) is 6.07. The zero-order valence-electron chi connectivity index (χ0n) is 8.95. The van der Waals surface area contributed by atoms with Crippen LogP contribution < -0.4 is 0 Å². The van der Waals surface area contributed by atoms with Gasteiger partial charge in [0.25, 0.3) is 0 Å². The molecule has 1 aromatic carbocycles. The van der Waals surface area contributed by atoms with Gasteiger partial charge < -0.3 is 0 Å². The van der Waals surface area contributed by atoms with E-state index in [1.807, 2.05) is 6.92 Å². The number of nitro groups is 1. The van der Waals surface area contributed by atoms with Gasteiger partial charge in [0.1, 0.15) is 0 Å². The second kappa shape index (κ2) is 4.48. The van der Waals surface area contributed by atoms with Gasteiger partial charge in [0.2, 0.25) is 0 Å². The predicted molar refractivity (Wildman–Crippen MR) is 57.7 cm³/mol. The van der Waals surface area contributed by atoms with Crippen LogP contribution >= 0.6 is 0 Å². The van der Waals surface area contributed by atoms with Gasteiger partial charge in [-0.2, -0.15) is 8.42 Å². The van der Waals surface area contributed by atoms with Crippen LogP contribution in [0, 0.1) is 17.0 Å². The molecule has 1 aromatic rings. The molecule has 88 valence electrons. The second-order valence-electron chi connectivity index (χ2n) is 3.19. The van der Waals surface area contributed by atoms with Gasteiger partial charge in [0.05, 0.1) is 11.4 Å². The molecule has 0 fully saturated rings. The van der Waals surface area contributed by atoms with E-state index in [1.54, 1.807) is 12.1 Å². The number of rotatable bonds is 4. The molecule has 16 heavy (non-hydrogen) atoms. The van der Waals surface area contributed by atoms with Crippen molar-refractivity contribution in [1.82, 2.24) is 4.41 Å². The number of nitrogens with zero attached hydrogens (tertiary/aromatic N) is 2. The monoisotopic (exact) mass is 244 g/mol. The van der Waals surface area contributed by atoms with E-state index in [0.717, 1.165) is 5.56 Å². The maximum atomic E-state index is 11.8. The third kappa shape index (κ3) is 2.30. The van der Waals surface area contributed by atoms with Gasteiger partial charge in [-0.05, 0) is 30.4 Å². The highest BCUT2D eigenvalue weighted by molar-refractivity contribution is 7.89. The van der Waals surface area contributed by atoms with E-state index in [9.17, 15) is 18.5 Å². The number of hydrazine groups is 1. The van der Waals surface area contributed by atoms with Gasteiger partial charge in [0, 0.05) is 0 Å². The number of aryl methyl sites for hydroxylation is 1. The largest absolute Gasteiger partial charge is 0.313 e. The van der Waals surface area contributed by atoms with Crippen molar-refractivity contribution in [3.63, 3.8) is 0 Å². The minimum absolute atomic E-state index is 0.0725. The number of benzene rings is 1. The lowest BCUT2D eigenvalue weighted by atomic mass is 10.2. The van der Waals surface area contributed by atoms with Gasteiger partial charge in [-0.3, -0.25) is 0 Å². The quantitative estimate of drug-likeness (QED) is 0.588. The number of sulfonamides is 1. The highest BCUT2D eigenvalue weighted by atomic mass is 32.2. The van der Waals surface area contributed by atoms with Crippen molar-refractivity contribution in [2.45, 2.75) is 18.7 Å². The van der Waals surface area contributed by atoms with E-state index in [0.29, 0.717) is 0 Å². The average molecular weight is 244 g/mol. The first-order valence-electron chi connectivity index (χ1n) is 4.63. The summed E-state index contributed by atoms with van der Waals surface area (Å²) in [6.07, 6.45) is 0. The Morgan fingerprint density at radius 2 is 1.81 bits per heavy atom. The molecule has 0 aliphatic carbocycles. The summed E-state index contributed by atoms with van der Waals surface area (Å²) in [7, 11) is -4.03. The maximum absolute atomic E-state index is 11.8. The summed E-state index contributed by atoms with van der Waals surface area (Å²) in [6, 6.07) is 5.91. The first kappa shape index (κ1) is 12.4. The van der Waals surface area contributed by atoms with Crippen LogP contribution in [0.15, 0.2) is 29.2 Å². The van der Waals surface area contributed by atoms with Crippen molar-refractivity contribution in [1.29, 1.82) is 0 Å². The molecule has 0 aliphatic rings. The van der Waals surface area contributed by atoms with E-state index < -0.39 is 15.1 Å². The van der Waals surface area contributed by atoms with Crippen molar-refractivity contribution in [3.05, 3.63) is 39.9 Å². The summed E-state index contributed by atoms with van der Waals surface area (Å²) in [5.41, 5.74) is 0.892. The molecule has 0 radical (unpaired) electrons. The fourth-order valence-electron chi connectivity index (χ4n) is 1.21. The van der Waals surface area contributed by atoms with Crippen molar-refractivity contribution >= 4 is 10.0 Å². The third-order valence-electron chi connectivity index (χ3n) is 2.05. The third-order valence-corrected chi connectivity index (χ3v) is 3.86. The Bertz CT molecular complexity index is 481. The van der Waals surface area contributed by atoms with Crippen LogP contribution in [-0.2, 0) is 10.0 Å². The lowest BCUT2D eigenvalue weighted by Gasteiger charge is -2.12. The van der Waals surface area contributed by atoms with Crippen LogP contribution in [0.2, 0.25) is 0 Å². The molecule has 0 saturated carbocycles. The molecule has 7 heteroatoms. The van der Waals surface area contributed by atoms with E-state index in [-0.39, 0.29) is 15.9 Å². The lowest BCUT2D eigenvalue weighted by Crippen LogP contribution is -2.35. The molecule has 0 N–H and O–H groups in total. The summed E-state index contributed by atoms with van der Waals surface area (Å²) < 4.78 is 23.8. The molecule has 0 spiro atoms. The molecule has 0 atom stereocenters. The van der Waals surface area contributed by atoms with Crippen molar-refractivity contribution in [3.8, 4) is 0 Å². The van der Waals surface area contributed by atoms with Gasteiger partial charge in [-0.15, -0.1) is 0 Å².